The summed E-state index contributed by atoms with van der Waals surface area (Å²) >= 11 is 12.4. The molecule has 3 rings (SSSR count). The maximum Gasteiger partial charge on any atom is 1.00 e. The first-order valence-electron chi connectivity index (χ1n) is 9.30. The highest BCUT2D eigenvalue weighted by molar-refractivity contribution is 7.92. The summed E-state index contributed by atoms with van der Waals surface area (Å²) in [5.74, 6) is 0. The number of aryl methyl sites for hydroxylation is 1. The zero-order chi connectivity index (χ0) is 21.0. The fourth-order valence-corrected chi connectivity index (χ4v) is 5.12. The van der Waals surface area contributed by atoms with E-state index < -0.39 is 16.1 Å². The van der Waals surface area contributed by atoms with Crippen molar-refractivity contribution in [3.8, 4) is 0 Å². The number of aliphatic hydroxyl groups excluding tert-OH is 1. The summed E-state index contributed by atoms with van der Waals surface area (Å²) < 4.78 is 33.3. The van der Waals surface area contributed by atoms with Gasteiger partial charge in [-0.3, -0.25) is 9.21 Å². The van der Waals surface area contributed by atoms with Crippen LogP contribution < -0.4 is 16.7 Å². The van der Waals surface area contributed by atoms with E-state index in [4.69, 9.17) is 27.9 Å². The van der Waals surface area contributed by atoms with E-state index in [9.17, 15) is 13.5 Å². The molecule has 30 heavy (non-hydrogen) atoms. The highest BCUT2D eigenvalue weighted by Gasteiger charge is 2.29. The van der Waals surface area contributed by atoms with Crippen LogP contribution in [0.15, 0.2) is 47.4 Å². The standard InChI is InChI=1S/C20H24Cl2N2O4S.ClH/c1-15-2-5-18(6-3-15)29(26,27)24(20-12-16(21)4-7-19(20)22)14-17(25)13-23-8-10-28-11-9-23;/h2-7,12,17,25H,8-11,13-14H2,1H3;1H. The van der Waals surface area contributed by atoms with Gasteiger partial charge in [-0.15, -0.1) is 0 Å². The number of benzene rings is 2. The Hall–Kier alpha value is -1.06. The SMILES string of the molecule is Cc1ccc(S(=O)(=O)N(CC(O)CN2CCOCC2)c2cc(Cl)ccc2Cl)cc1.[Cl-].[H+]. The van der Waals surface area contributed by atoms with E-state index in [1.54, 1.807) is 36.4 Å². The topological polar surface area (TPSA) is 70.1 Å². The molecule has 1 saturated heterocycles. The van der Waals surface area contributed by atoms with Crippen molar-refractivity contribution in [3.63, 3.8) is 0 Å². The van der Waals surface area contributed by atoms with Gasteiger partial charge in [-0.25, -0.2) is 8.42 Å². The number of aliphatic hydroxyl groups is 1. The third kappa shape index (κ3) is 6.23. The molecular formula is C20H25Cl3N2O4S. The molecule has 0 radical (unpaired) electrons. The van der Waals surface area contributed by atoms with Gasteiger partial charge in [0.1, 0.15) is 0 Å². The largest absolute Gasteiger partial charge is 1.00 e. The van der Waals surface area contributed by atoms with Gasteiger partial charge in [-0.1, -0.05) is 40.9 Å². The highest BCUT2D eigenvalue weighted by atomic mass is 35.5. The van der Waals surface area contributed by atoms with Gasteiger partial charge in [-0.2, -0.15) is 0 Å². The predicted octanol–water partition coefficient (Wildman–Crippen LogP) is 0.307. The quantitative estimate of drug-likeness (QED) is 0.599. The summed E-state index contributed by atoms with van der Waals surface area (Å²) in [6.45, 7) is 4.65. The lowest BCUT2D eigenvalue weighted by atomic mass is 10.2. The lowest BCUT2D eigenvalue weighted by molar-refractivity contribution is -0.0000190. The molecular weight excluding hydrogens is 471 g/mol. The number of anilines is 1. The second-order valence-electron chi connectivity index (χ2n) is 7.01. The van der Waals surface area contributed by atoms with Crippen molar-refractivity contribution in [2.24, 2.45) is 0 Å². The van der Waals surface area contributed by atoms with Crippen molar-refractivity contribution in [2.45, 2.75) is 17.9 Å². The highest BCUT2D eigenvalue weighted by Crippen LogP contribution is 2.33. The lowest BCUT2D eigenvalue weighted by Crippen LogP contribution is -3.00. The van der Waals surface area contributed by atoms with E-state index >= 15 is 0 Å². The normalized spacial score (nSPS) is 16.0. The molecule has 1 aliphatic heterocycles. The maximum absolute atomic E-state index is 13.4. The van der Waals surface area contributed by atoms with Crippen molar-refractivity contribution in [2.75, 3.05) is 43.7 Å². The molecule has 0 saturated carbocycles. The number of hydrogen-bond acceptors (Lipinski definition) is 5. The molecule has 1 heterocycles. The van der Waals surface area contributed by atoms with E-state index in [0.717, 1.165) is 9.87 Å². The molecule has 0 aliphatic carbocycles. The van der Waals surface area contributed by atoms with Gasteiger partial charge in [0.25, 0.3) is 10.0 Å². The number of β-amino-alcohol motifs (C(OH)–C–C–N with tert-alkyl or cyclic N) is 1. The van der Waals surface area contributed by atoms with Crippen LogP contribution in [-0.2, 0) is 14.8 Å². The van der Waals surface area contributed by atoms with Crippen LogP contribution >= 0.6 is 23.2 Å². The minimum absolute atomic E-state index is 0. The third-order valence-corrected chi connectivity index (χ3v) is 7.08. The van der Waals surface area contributed by atoms with Crippen LogP contribution in [0.4, 0.5) is 5.69 Å². The molecule has 2 aromatic carbocycles. The van der Waals surface area contributed by atoms with Crippen molar-refractivity contribution in [1.82, 2.24) is 4.90 Å². The molecule has 0 bridgehead atoms. The van der Waals surface area contributed by atoms with Gasteiger partial charge in [0.2, 0.25) is 0 Å². The first-order chi connectivity index (χ1) is 13.8. The zero-order valence-corrected chi connectivity index (χ0v) is 19.6. The van der Waals surface area contributed by atoms with Crippen LogP contribution in [0.25, 0.3) is 0 Å². The number of rotatable bonds is 7. The summed E-state index contributed by atoms with van der Waals surface area (Å²) in [4.78, 5) is 2.17. The fraction of sp³-hybridized carbons (Fsp3) is 0.400. The molecule has 1 N–H and O–H groups in total. The zero-order valence-electron chi connectivity index (χ0n) is 17.5. The summed E-state index contributed by atoms with van der Waals surface area (Å²) in [5.41, 5.74) is 1.18. The number of nitrogens with zero attached hydrogens (tertiary/aromatic N) is 2. The Morgan fingerprint density at radius 3 is 2.43 bits per heavy atom. The molecule has 166 valence electrons. The van der Waals surface area contributed by atoms with Crippen LogP contribution in [0.1, 0.15) is 6.99 Å². The molecule has 1 atom stereocenters. The number of halogens is 3. The Bertz CT molecular complexity index is 942. The maximum atomic E-state index is 13.4. The van der Waals surface area contributed by atoms with Crippen molar-refractivity contribution >= 4 is 38.9 Å². The molecule has 0 amide bonds. The third-order valence-electron chi connectivity index (χ3n) is 4.74. The van der Waals surface area contributed by atoms with Crippen LogP contribution in [0.5, 0.6) is 0 Å². The average Bonchev–Trinajstić information content (AvgIpc) is 2.69. The summed E-state index contributed by atoms with van der Waals surface area (Å²) in [6, 6.07) is 11.2. The monoisotopic (exact) mass is 494 g/mol. The summed E-state index contributed by atoms with van der Waals surface area (Å²) in [7, 11) is -3.96. The number of sulfonamides is 1. The Kier molecular flexibility index (Phi) is 9.24. The Morgan fingerprint density at radius 2 is 1.80 bits per heavy atom. The number of hydrogen-bond donors (Lipinski definition) is 1. The van der Waals surface area contributed by atoms with Gasteiger partial charge >= 0.3 is 1.43 Å². The van der Waals surface area contributed by atoms with Gasteiger partial charge in [0, 0.05) is 24.7 Å². The van der Waals surface area contributed by atoms with Crippen molar-refractivity contribution < 1.29 is 32.1 Å². The Morgan fingerprint density at radius 1 is 1.17 bits per heavy atom. The lowest BCUT2D eigenvalue weighted by Gasteiger charge is -2.32. The Balaban J connectivity index is 0.00000240. The minimum atomic E-state index is -3.96. The van der Waals surface area contributed by atoms with E-state index in [0.29, 0.717) is 37.9 Å². The minimum Gasteiger partial charge on any atom is -1.00 e. The Labute approximate surface area is 195 Å². The predicted molar refractivity (Wildman–Crippen MR) is 117 cm³/mol. The second kappa shape index (κ2) is 11.0. The molecule has 0 aromatic heterocycles. The van der Waals surface area contributed by atoms with E-state index in [2.05, 4.69) is 0 Å². The van der Waals surface area contributed by atoms with Crippen LogP contribution in [-0.4, -0.2) is 63.9 Å². The summed E-state index contributed by atoms with van der Waals surface area (Å²) in [5, 5.41) is 11.3. The van der Waals surface area contributed by atoms with Gasteiger partial charge in [0.15, 0.2) is 0 Å². The smallest absolute Gasteiger partial charge is 1.00 e. The van der Waals surface area contributed by atoms with Gasteiger partial charge < -0.3 is 22.3 Å². The van der Waals surface area contributed by atoms with Crippen LogP contribution in [0, 0.1) is 6.92 Å². The molecule has 1 aliphatic rings. The van der Waals surface area contributed by atoms with Crippen molar-refractivity contribution in [3.05, 3.63) is 58.1 Å². The molecule has 1 unspecified atom stereocenters. The van der Waals surface area contributed by atoms with Gasteiger partial charge in [0.05, 0.1) is 41.5 Å². The number of morpholine rings is 1. The molecule has 10 heteroatoms. The fourth-order valence-electron chi connectivity index (χ4n) is 3.17. The molecule has 0 spiro atoms. The summed E-state index contributed by atoms with van der Waals surface area (Å²) in [6.07, 6.45) is -0.914. The van der Waals surface area contributed by atoms with Crippen molar-refractivity contribution in [1.29, 1.82) is 0 Å². The average molecular weight is 496 g/mol. The van der Waals surface area contributed by atoms with E-state index in [-0.39, 0.29) is 36.0 Å². The van der Waals surface area contributed by atoms with E-state index in [1.807, 2.05) is 11.8 Å². The van der Waals surface area contributed by atoms with Crippen LogP contribution in [0.3, 0.4) is 0 Å². The molecule has 2 aromatic rings. The number of ether oxygens (including phenoxy) is 1. The van der Waals surface area contributed by atoms with Gasteiger partial charge in [-0.05, 0) is 37.3 Å². The van der Waals surface area contributed by atoms with Crippen LogP contribution in [0.2, 0.25) is 10.0 Å². The first-order valence-corrected chi connectivity index (χ1v) is 11.5. The second-order valence-corrected chi connectivity index (χ2v) is 9.72. The van der Waals surface area contributed by atoms with E-state index in [1.165, 1.54) is 6.07 Å². The molecule has 1 fully saturated rings. The first kappa shape index (κ1) is 25.2. The molecule has 6 nitrogen and oxygen atoms in total.